The first kappa shape index (κ1) is 21.1. The Bertz CT molecular complexity index is 809. The number of morpholine rings is 1. The van der Waals surface area contributed by atoms with Gasteiger partial charge in [-0.1, -0.05) is 26.8 Å². The van der Waals surface area contributed by atoms with Crippen LogP contribution in [0.5, 0.6) is 0 Å². The zero-order valence-electron chi connectivity index (χ0n) is 18.0. The minimum absolute atomic E-state index is 0.0520. The molecule has 1 unspecified atom stereocenters. The molecule has 1 fully saturated rings. The molecule has 0 amide bonds. The van der Waals surface area contributed by atoms with Crippen LogP contribution in [-0.2, 0) is 23.2 Å². The highest BCUT2D eigenvalue weighted by Crippen LogP contribution is 2.22. The molecule has 1 saturated heterocycles. The Morgan fingerprint density at radius 2 is 2.00 bits per heavy atom. The number of pyridine rings is 1. The number of hydrogen-bond acceptors (Lipinski definition) is 6. The number of anilines is 1. The van der Waals surface area contributed by atoms with Crippen molar-refractivity contribution in [3.63, 3.8) is 0 Å². The molecule has 0 saturated carbocycles. The van der Waals surface area contributed by atoms with Crippen LogP contribution in [0, 0.1) is 0 Å². The second-order valence-corrected chi connectivity index (χ2v) is 8.30. The highest BCUT2D eigenvalue weighted by Gasteiger charge is 2.19. The van der Waals surface area contributed by atoms with E-state index in [0.29, 0.717) is 24.9 Å². The molecule has 0 spiro atoms. The SMILES string of the molecule is CN=C(NCc1ccc(N2CCOC(C)C2)nc1)NCc1ncc(C(C)(C)C)o1. The third-order valence-corrected chi connectivity index (χ3v) is 4.76. The van der Waals surface area contributed by atoms with Gasteiger partial charge < -0.3 is 24.7 Å². The van der Waals surface area contributed by atoms with Crippen molar-refractivity contribution in [3.05, 3.63) is 41.7 Å². The van der Waals surface area contributed by atoms with Crippen LogP contribution in [0.15, 0.2) is 33.9 Å². The summed E-state index contributed by atoms with van der Waals surface area (Å²) in [6, 6.07) is 4.15. The molecule has 0 aromatic carbocycles. The molecule has 3 rings (SSSR count). The van der Waals surface area contributed by atoms with E-state index >= 15 is 0 Å². The largest absolute Gasteiger partial charge is 0.443 e. The summed E-state index contributed by atoms with van der Waals surface area (Å²) in [5.74, 6) is 3.19. The average molecular weight is 401 g/mol. The van der Waals surface area contributed by atoms with Crippen molar-refractivity contribution < 1.29 is 9.15 Å². The minimum atomic E-state index is -0.0520. The van der Waals surface area contributed by atoms with Crippen LogP contribution in [0.4, 0.5) is 5.82 Å². The third kappa shape index (κ3) is 5.93. The molecule has 0 radical (unpaired) electrons. The first-order valence-corrected chi connectivity index (χ1v) is 10.1. The summed E-state index contributed by atoms with van der Waals surface area (Å²) in [7, 11) is 1.74. The average Bonchev–Trinajstić information content (AvgIpc) is 3.18. The monoisotopic (exact) mass is 400 g/mol. The van der Waals surface area contributed by atoms with Crippen molar-refractivity contribution in [1.29, 1.82) is 0 Å². The third-order valence-electron chi connectivity index (χ3n) is 4.76. The Balaban J connectivity index is 1.48. The number of nitrogens with one attached hydrogen (secondary N) is 2. The smallest absolute Gasteiger partial charge is 0.213 e. The molecule has 8 nitrogen and oxygen atoms in total. The van der Waals surface area contributed by atoms with Crippen LogP contribution in [0.1, 0.15) is 44.9 Å². The number of aromatic nitrogens is 2. The highest BCUT2D eigenvalue weighted by molar-refractivity contribution is 5.79. The number of rotatable bonds is 5. The number of oxazole rings is 1. The van der Waals surface area contributed by atoms with Gasteiger partial charge in [-0.15, -0.1) is 0 Å². The lowest BCUT2D eigenvalue weighted by Crippen LogP contribution is -2.41. The number of hydrogen-bond donors (Lipinski definition) is 2. The Morgan fingerprint density at radius 3 is 2.62 bits per heavy atom. The fourth-order valence-corrected chi connectivity index (χ4v) is 3.04. The van der Waals surface area contributed by atoms with Gasteiger partial charge in [-0.2, -0.15) is 0 Å². The van der Waals surface area contributed by atoms with Crippen molar-refractivity contribution >= 4 is 11.8 Å². The fourth-order valence-electron chi connectivity index (χ4n) is 3.04. The number of guanidine groups is 1. The van der Waals surface area contributed by atoms with E-state index < -0.39 is 0 Å². The molecule has 29 heavy (non-hydrogen) atoms. The maximum Gasteiger partial charge on any atom is 0.213 e. The van der Waals surface area contributed by atoms with E-state index in [2.05, 4.69) is 70.3 Å². The van der Waals surface area contributed by atoms with Gasteiger partial charge in [-0.05, 0) is 18.6 Å². The van der Waals surface area contributed by atoms with Crippen LogP contribution >= 0.6 is 0 Å². The topological polar surface area (TPSA) is 87.8 Å². The molecule has 158 valence electrons. The predicted octanol–water partition coefficient (Wildman–Crippen LogP) is 2.46. The first-order valence-electron chi connectivity index (χ1n) is 10.1. The molecule has 2 aromatic heterocycles. The molecule has 1 aliphatic rings. The quantitative estimate of drug-likeness (QED) is 0.589. The first-order chi connectivity index (χ1) is 13.8. The summed E-state index contributed by atoms with van der Waals surface area (Å²) in [5.41, 5.74) is 1.04. The standard InChI is InChI=1S/C21H32N6O2/c1-15-14-27(8-9-28-15)18-7-6-16(10-23-18)11-25-20(22-5)26-13-19-24-12-17(29-19)21(2,3)4/h6-7,10,12,15H,8-9,11,13-14H2,1-5H3,(H2,22,25,26). The Hall–Kier alpha value is -2.61. The van der Waals surface area contributed by atoms with Crippen molar-refractivity contribution in [3.8, 4) is 0 Å². The second-order valence-electron chi connectivity index (χ2n) is 8.30. The van der Waals surface area contributed by atoms with Gasteiger partial charge in [0.2, 0.25) is 5.89 Å². The normalized spacial score (nSPS) is 18.0. The van der Waals surface area contributed by atoms with Crippen LogP contribution in [-0.4, -0.2) is 48.8 Å². The lowest BCUT2D eigenvalue weighted by molar-refractivity contribution is 0.0529. The maximum absolute atomic E-state index is 5.80. The van der Waals surface area contributed by atoms with Crippen molar-refractivity contribution in [2.75, 3.05) is 31.6 Å². The van der Waals surface area contributed by atoms with E-state index in [1.165, 1.54) is 0 Å². The molecule has 2 aromatic rings. The van der Waals surface area contributed by atoms with E-state index in [1.807, 2.05) is 6.20 Å². The van der Waals surface area contributed by atoms with Gasteiger partial charge in [-0.25, -0.2) is 9.97 Å². The predicted molar refractivity (Wildman–Crippen MR) is 114 cm³/mol. The fraction of sp³-hybridized carbons (Fsp3) is 0.571. The van der Waals surface area contributed by atoms with Crippen molar-refractivity contribution in [1.82, 2.24) is 20.6 Å². The van der Waals surface area contributed by atoms with E-state index in [4.69, 9.17) is 9.15 Å². The van der Waals surface area contributed by atoms with Crippen LogP contribution < -0.4 is 15.5 Å². The Labute approximate surface area is 172 Å². The van der Waals surface area contributed by atoms with Crippen molar-refractivity contribution in [2.24, 2.45) is 4.99 Å². The van der Waals surface area contributed by atoms with E-state index in [1.54, 1.807) is 13.2 Å². The molecule has 0 bridgehead atoms. The van der Waals surface area contributed by atoms with Crippen LogP contribution in [0.3, 0.4) is 0 Å². The number of nitrogens with zero attached hydrogens (tertiary/aromatic N) is 4. The summed E-state index contributed by atoms with van der Waals surface area (Å²) in [4.78, 5) is 15.4. The van der Waals surface area contributed by atoms with Gasteiger partial charge in [-0.3, -0.25) is 4.99 Å². The molecule has 2 N–H and O–H groups in total. The summed E-state index contributed by atoms with van der Waals surface area (Å²) >= 11 is 0. The zero-order chi connectivity index (χ0) is 20.9. The molecular weight excluding hydrogens is 368 g/mol. The molecular formula is C21H32N6O2. The Morgan fingerprint density at radius 1 is 1.21 bits per heavy atom. The summed E-state index contributed by atoms with van der Waals surface area (Å²) < 4.78 is 11.4. The number of ether oxygens (including phenoxy) is 1. The van der Waals surface area contributed by atoms with E-state index in [-0.39, 0.29) is 11.5 Å². The van der Waals surface area contributed by atoms with Gasteiger partial charge >= 0.3 is 0 Å². The minimum Gasteiger partial charge on any atom is -0.443 e. The zero-order valence-corrected chi connectivity index (χ0v) is 18.0. The van der Waals surface area contributed by atoms with Gasteiger partial charge in [0, 0.05) is 38.3 Å². The van der Waals surface area contributed by atoms with Gasteiger partial charge in [0.25, 0.3) is 0 Å². The van der Waals surface area contributed by atoms with Crippen LogP contribution in [0.2, 0.25) is 0 Å². The van der Waals surface area contributed by atoms with E-state index in [9.17, 15) is 0 Å². The summed E-state index contributed by atoms with van der Waals surface area (Å²) in [6.45, 7) is 12.0. The van der Waals surface area contributed by atoms with Gasteiger partial charge in [0.05, 0.1) is 25.5 Å². The Kier molecular flexibility index (Phi) is 6.74. The molecule has 8 heteroatoms. The molecule has 3 heterocycles. The van der Waals surface area contributed by atoms with Gasteiger partial charge in [0.1, 0.15) is 11.6 Å². The maximum atomic E-state index is 5.80. The lowest BCUT2D eigenvalue weighted by atomic mass is 9.94. The lowest BCUT2D eigenvalue weighted by Gasteiger charge is -2.32. The second kappa shape index (κ2) is 9.26. The summed E-state index contributed by atoms with van der Waals surface area (Å²) in [5, 5.41) is 6.52. The highest BCUT2D eigenvalue weighted by atomic mass is 16.5. The summed E-state index contributed by atoms with van der Waals surface area (Å²) in [6.07, 6.45) is 3.93. The number of aliphatic imine (C=N–C) groups is 1. The molecule has 1 atom stereocenters. The van der Waals surface area contributed by atoms with E-state index in [0.717, 1.165) is 36.8 Å². The molecule has 0 aliphatic carbocycles. The molecule has 1 aliphatic heterocycles. The van der Waals surface area contributed by atoms with Crippen LogP contribution in [0.25, 0.3) is 0 Å². The van der Waals surface area contributed by atoms with Gasteiger partial charge in [0.15, 0.2) is 5.96 Å². The van der Waals surface area contributed by atoms with Crippen molar-refractivity contribution in [2.45, 2.75) is 52.3 Å².